The standard InChI is InChI=1S/C28H31N5O6S2/c1-2-32(16-17-39-41(35,36)37)22-12-10-21(11-13-22)30-31-28-29-27(33-14-6-3-7-15-33)25(40-28)18-20-19-38-24-9-5-4-8-23(24)26(20)34/h4-5,8-13,18H,2-3,6-7,14-17,19H2,1H3,(H,35,36,37)/b20-18-,31-30?. The number of Topliss-reactive ketones (excluding diaryl/α,β-unsaturated/α-hetero) is 1. The Morgan fingerprint density at radius 1 is 1.12 bits per heavy atom. The average molecular weight is 598 g/mol. The minimum atomic E-state index is -4.47. The third kappa shape index (κ3) is 7.36. The highest BCUT2D eigenvalue weighted by Gasteiger charge is 2.25. The number of hydrogen-bond donors (Lipinski definition) is 1. The van der Waals surface area contributed by atoms with Gasteiger partial charge in [0, 0.05) is 37.4 Å². The highest BCUT2D eigenvalue weighted by molar-refractivity contribution is 7.80. The van der Waals surface area contributed by atoms with Crippen molar-refractivity contribution in [1.29, 1.82) is 0 Å². The van der Waals surface area contributed by atoms with Gasteiger partial charge in [0.1, 0.15) is 18.2 Å². The van der Waals surface area contributed by atoms with Gasteiger partial charge in [-0.15, -0.1) is 10.2 Å². The number of rotatable bonds is 10. The van der Waals surface area contributed by atoms with Crippen LogP contribution in [0.25, 0.3) is 6.08 Å². The van der Waals surface area contributed by atoms with Gasteiger partial charge >= 0.3 is 10.4 Å². The number of ketones is 1. The number of piperidine rings is 1. The third-order valence-electron chi connectivity index (χ3n) is 6.83. The zero-order valence-electron chi connectivity index (χ0n) is 22.6. The first-order chi connectivity index (χ1) is 19.8. The Bertz CT molecular complexity index is 1550. The van der Waals surface area contributed by atoms with Crippen LogP contribution in [0.1, 0.15) is 41.4 Å². The topological polar surface area (TPSA) is 134 Å². The van der Waals surface area contributed by atoms with E-state index >= 15 is 0 Å². The molecule has 41 heavy (non-hydrogen) atoms. The van der Waals surface area contributed by atoms with Crippen LogP contribution < -0.4 is 14.5 Å². The maximum Gasteiger partial charge on any atom is 0.397 e. The quantitative estimate of drug-likeness (QED) is 0.173. The fraction of sp³-hybridized carbons (Fsp3) is 0.357. The number of anilines is 2. The zero-order valence-corrected chi connectivity index (χ0v) is 24.2. The number of azo groups is 1. The van der Waals surface area contributed by atoms with Crippen molar-refractivity contribution >= 4 is 55.9 Å². The van der Waals surface area contributed by atoms with Crippen LogP contribution in [0.4, 0.5) is 22.3 Å². The maximum absolute atomic E-state index is 13.2. The van der Waals surface area contributed by atoms with Crippen molar-refractivity contribution in [3.63, 3.8) is 0 Å². The normalized spacial score (nSPS) is 16.7. The Morgan fingerprint density at radius 3 is 2.61 bits per heavy atom. The number of fused-ring (bicyclic) bond motifs is 1. The first-order valence-corrected chi connectivity index (χ1v) is 15.6. The molecule has 0 unspecified atom stereocenters. The van der Waals surface area contributed by atoms with Crippen LogP contribution in [0.2, 0.25) is 0 Å². The highest BCUT2D eigenvalue weighted by Crippen LogP contribution is 2.37. The third-order valence-corrected chi connectivity index (χ3v) is 8.17. The van der Waals surface area contributed by atoms with Gasteiger partial charge in [-0.05, 0) is 68.7 Å². The molecule has 0 amide bonds. The lowest BCUT2D eigenvalue weighted by atomic mass is 10.00. The summed E-state index contributed by atoms with van der Waals surface area (Å²) in [6.45, 7) is 4.66. The molecule has 0 saturated carbocycles. The number of carbonyl (C=O) groups excluding carboxylic acids is 1. The van der Waals surface area contributed by atoms with Crippen molar-refractivity contribution < 1.29 is 26.7 Å². The molecule has 2 aliphatic rings. The molecule has 0 aliphatic carbocycles. The van der Waals surface area contributed by atoms with E-state index in [4.69, 9.17) is 14.3 Å². The van der Waals surface area contributed by atoms with E-state index in [1.54, 1.807) is 12.1 Å². The number of aromatic nitrogens is 1. The summed E-state index contributed by atoms with van der Waals surface area (Å²) in [5, 5.41) is 9.27. The summed E-state index contributed by atoms with van der Waals surface area (Å²) < 4.78 is 40.6. The van der Waals surface area contributed by atoms with Gasteiger partial charge in [-0.25, -0.2) is 4.18 Å². The van der Waals surface area contributed by atoms with Crippen LogP contribution in [-0.4, -0.2) is 63.1 Å². The number of likely N-dealkylation sites (N-methyl/N-ethyl adjacent to an activating group) is 1. The monoisotopic (exact) mass is 597 g/mol. The first kappa shape index (κ1) is 28.9. The summed E-state index contributed by atoms with van der Waals surface area (Å²) in [5.74, 6) is 1.37. The van der Waals surface area contributed by atoms with Gasteiger partial charge in [-0.3, -0.25) is 9.35 Å². The van der Waals surface area contributed by atoms with Crippen molar-refractivity contribution in [3.05, 3.63) is 64.5 Å². The Morgan fingerprint density at radius 2 is 1.88 bits per heavy atom. The Labute approximate surface area is 243 Å². The molecule has 0 radical (unpaired) electrons. The average Bonchev–Trinajstić information content (AvgIpc) is 3.39. The second-order valence-electron chi connectivity index (χ2n) is 9.56. The molecule has 1 aromatic heterocycles. The van der Waals surface area contributed by atoms with Crippen molar-refractivity contribution in [3.8, 4) is 5.75 Å². The van der Waals surface area contributed by atoms with Crippen LogP contribution in [0.3, 0.4) is 0 Å². The summed E-state index contributed by atoms with van der Waals surface area (Å²) in [6, 6.07) is 14.6. The lowest BCUT2D eigenvalue weighted by Gasteiger charge is -2.27. The number of carbonyl (C=O) groups is 1. The molecule has 1 fully saturated rings. The Kier molecular flexibility index (Phi) is 9.08. The van der Waals surface area contributed by atoms with Crippen molar-refractivity contribution in [2.24, 2.45) is 10.2 Å². The largest absolute Gasteiger partial charge is 0.488 e. The van der Waals surface area contributed by atoms with E-state index in [9.17, 15) is 13.2 Å². The molecule has 0 atom stereocenters. The maximum atomic E-state index is 13.2. The van der Waals surface area contributed by atoms with E-state index < -0.39 is 10.4 Å². The van der Waals surface area contributed by atoms with Crippen molar-refractivity contribution in [2.45, 2.75) is 26.2 Å². The predicted molar refractivity (Wildman–Crippen MR) is 158 cm³/mol. The fourth-order valence-corrected chi connectivity index (χ4v) is 5.94. The van der Waals surface area contributed by atoms with Crippen molar-refractivity contribution in [2.75, 3.05) is 49.2 Å². The number of para-hydroxylation sites is 1. The molecular weight excluding hydrogens is 566 g/mol. The van der Waals surface area contributed by atoms with E-state index in [2.05, 4.69) is 19.3 Å². The molecule has 216 valence electrons. The molecule has 3 heterocycles. The van der Waals surface area contributed by atoms with Crippen LogP contribution in [0.5, 0.6) is 5.75 Å². The van der Waals surface area contributed by atoms with Gasteiger partial charge in [0.05, 0.1) is 22.7 Å². The van der Waals surface area contributed by atoms with E-state index in [1.165, 1.54) is 17.8 Å². The molecule has 3 aromatic rings. The fourth-order valence-electron chi connectivity index (χ4n) is 4.77. The molecule has 1 saturated heterocycles. The van der Waals surface area contributed by atoms with Gasteiger partial charge in [0.15, 0.2) is 5.78 Å². The Hall–Kier alpha value is -3.65. The van der Waals surface area contributed by atoms with Gasteiger partial charge in [0.25, 0.3) is 0 Å². The molecule has 2 aliphatic heterocycles. The highest BCUT2D eigenvalue weighted by atomic mass is 32.3. The number of ether oxygens (including phenoxy) is 1. The number of benzene rings is 2. The van der Waals surface area contributed by atoms with Crippen LogP contribution in [0.15, 0.2) is 64.3 Å². The van der Waals surface area contributed by atoms with E-state index in [1.807, 2.05) is 54.3 Å². The van der Waals surface area contributed by atoms with E-state index in [-0.39, 0.29) is 25.5 Å². The zero-order chi connectivity index (χ0) is 28.8. The number of nitrogens with zero attached hydrogens (tertiary/aromatic N) is 5. The second kappa shape index (κ2) is 12.9. The minimum absolute atomic E-state index is 0.0428. The summed E-state index contributed by atoms with van der Waals surface area (Å²) in [5.41, 5.74) is 2.61. The first-order valence-electron chi connectivity index (χ1n) is 13.4. The summed E-state index contributed by atoms with van der Waals surface area (Å²) in [7, 11) is -4.47. The van der Waals surface area contributed by atoms with Gasteiger partial charge < -0.3 is 14.5 Å². The number of thiazole rings is 1. The SMILES string of the molecule is CCN(CCOS(=O)(=O)O)c1ccc(N=Nc2nc(N3CCCCC3)c(/C=C3/COc4ccccc4C3=O)s2)cc1. The predicted octanol–water partition coefficient (Wildman–Crippen LogP) is 5.85. The molecule has 11 nitrogen and oxygen atoms in total. The molecular formula is C28H31N5O6S2. The second-order valence-corrected chi connectivity index (χ2v) is 11.7. The lowest BCUT2D eigenvalue weighted by Crippen LogP contribution is -2.30. The smallest absolute Gasteiger partial charge is 0.397 e. The van der Waals surface area contributed by atoms with Crippen molar-refractivity contribution in [1.82, 2.24) is 4.98 Å². The molecule has 0 bridgehead atoms. The summed E-state index contributed by atoms with van der Waals surface area (Å²) in [6.07, 6.45) is 5.23. The van der Waals surface area contributed by atoms with Gasteiger partial charge in [-0.1, -0.05) is 23.5 Å². The lowest BCUT2D eigenvalue weighted by molar-refractivity contribution is 0.100. The van der Waals surface area contributed by atoms with Crippen LogP contribution in [-0.2, 0) is 14.6 Å². The molecule has 13 heteroatoms. The van der Waals surface area contributed by atoms with Gasteiger partial charge in [-0.2, -0.15) is 13.4 Å². The molecule has 0 spiro atoms. The molecule has 2 aromatic carbocycles. The number of hydrogen-bond acceptors (Lipinski definition) is 11. The van der Waals surface area contributed by atoms with Crippen LogP contribution in [0, 0.1) is 0 Å². The summed E-state index contributed by atoms with van der Waals surface area (Å²) in [4.78, 5) is 23.0. The summed E-state index contributed by atoms with van der Waals surface area (Å²) >= 11 is 1.38. The van der Waals surface area contributed by atoms with Gasteiger partial charge in [0.2, 0.25) is 5.13 Å². The Balaban J connectivity index is 1.34. The van der Waals surface area contributed by atoms with E-state index in [0.29, 0.717) is 34.2 Å². The molecule has 5 rings (SSSR count). The van der Waals surface area contributed by atoms with Crippen LogP contribution >= 0.6 is 11.3 Å². The molecule has 1 N–H and O–H groups in total. The minimum Gasteiger partial charge on any atom is -0.488 e. The van der Waals surface area contributed by atoms with E-state index in [0.717, 1.165) is 42.3 Å².